The number of amides is 3. The van der Waals surface area contributed by atoms with Gasteiger partial charge in [-0.3, -0.25) is 20.2 Å². The molecule has 3 amide bonds. The molecule has 2 aliphatic rings. The Morgan fingerprint density at radius 3 is 1.50 bits per heavy atom. The lowest BCUT2D eigenvalue weighted by Gasteiger charge is -2.29. The Morgan fingerprint density at radius 2 is 1.12 bits per heavy atom. The van der Waals surface area contributed by atoms with E-state index in [1.807, 2.05) is 20.8 Å². The third-order valence-electron chi connectivity index (χ3n) is 6.33. The zero-order valence-electron chi connectivity index (χ0n) is 29.3. The number of carbonyl (C=O) groups is 4. The minimum atomic E-state index is -0.900. The highest BCUT2D eigenvalue weighted by molar-refractivity contribution is 6.61. The Kier molecular flexibility index (Phi) is 17.7. The van der Waals surface area contributed by atoms with E-state index in [0.29, 0.717) is 30.6 Å². The van der Waals surface area contributed by atoms with E-state index in [1.54, 1.807) is 20.8 Å². The van der Waals surface area contributed by atoms with E-state index in [2.05, 4.69) is 10.2 Å². The van der Waals surface area contributed by atoms with Crippen LogP contribution in [0.1, 0.15) is 72.9 Å². The summed E-state index contributed by atoms with van der Waals surface area (Å²) < 4.78 is 20.1. The third kappa shape index (κ3) is 16.7. The van der Waals surface area contributed by atoms with Crippen molar-refractivity contribution in [3.8, 4) is 0 Å². The lowest BCUT2D eigenvalue weighted by molar-refractivity contribution is -0.385. The summed E-state index contributed by atoms with van der Waals surface area (Å²) in [7, 11) is 0. The summed E-state index contributed by atoms with van der Waals surface area (Å²) in [5.41, 5.74) is 2.19. The highest BCUT2D eigenvalue weighted by Crippen LogP contribution is 2.19. The van der Waals surface area contributed by atoms with Gasteiger partial charge in [0.25, 0.3) is 11.4 Å². The first-order valence-electron chi connectivity index (χ1n) is 15.7. The summed E-state index contributed by atoms with van der Waals surface area (Å²) >= 11 is 4.94. The van der Waals surface area contributed by atoms with E-state index in [1.165, 1.54) is 63.6 Å². The first kappa shape index (κ1) is 44.8. The van der Waals surface area contributed by atoms with Gasteiger partial charge in [-0.05, 0) is 89.8 Å². The number of nitro benzene ring substituents is 2. The molecule has 52 heavy (non-hydrogen) atoms. The van der Waals surface area contributed by atoms with Gasteiger partial charge in [0, 0.05) is 62.0 Å². The number of rotatable bonds is 6. The molecule has 0 radical (unpaired) electrons. The van der Waals surface area contributed by atoms with Crippen molar-refractivity contribution in [3.05, 3.63) is 79.9 Å². The fourth-order valence-electron chi connectivity index (χ4n) is 4.10. The summed E-state index contributed by atoms with van der Waals surface area (Å²) in [6.45, 7) is 13.1. The number of nitro groups is 2. The van der Waals surface area contributed by atoms with Crippen LogP contribution < -0.4 is 5.43 Å². The van der Waals surface area contributed by atoms with Crippen LogP contribution in [0.2, 0.25) is 0 Å². The number of nitrogens with one attached hydrogen (secondary N) is 1. The predicted molar refractivity (Wildman–Crippen MR) is 189 cm³/mol. The highest BCUT2D eigenvalue weighted by atomic mass is 35.5. The van der Waals surface area contributed by atoms with Crippen molar-refractivity contribution < 1.29 is 48.0 Å². The quantitative estimate of drug-likeness (QED) is 0.133. The van der Waals surface area contributed by atoms with Crippen LogP contribution in [0.3, 0.4) is 0 Å². The molecule has 0 bridgehead atoms. The van der Waals surface area contributed by atoms with Crippen molar-refractivity contribution in [1.82, 2.24) is 20.5 Å². The van der Waals surface area contributed by atoms with Crippen molar-refractivity contribution in [2.45, 2.75) is 86.2 Å². The first-order chi connectivity index (χ1) is 23.8. The average molecular weight is 755 g/mol. The van der Waals surface area contributed by atoms with E-state index >= 15 is 0 Å². The minimum absolute atomic E-state index is 0. The second-order valence-corrected chi connectivity index (χ2v) is 13.2. The molecule has 0 unspecified atom stereocenters. The van der Waals surface area contributed by atoms with Gasteiger partial charge in [0.1, 0.15) is 24.4 Å². The fraction of sp³-hybridized carbons (Fsp3) is 0.515. The summed E-state index contributed by atoms with van der Waals surface area (Å²) in [6, 6.07) is 11.4. The molecule has 18 nitrogen and oxygen atoms in total. The number of hydrogen-bond donors (Lipinski definition) is 1. The second kappa shape index (κ2) is 20.6. The molecule has 2 aromatic carbocycles. The molecule has 0 atom stereocenters. The lowest BCUT2D eigenvalue weighted by atomic mass is 10.2. The normalized spacial score (nSPS) is 13.6. The first-order valence-corrected chi connectivity index (χ1v) is 16.1. The van der Waals surface area contributed by atoms with Gasteiger partial charge in [-0.1, -0.05) is 7.43 Å². The minimum Gasteiger partial charge on any atom is -0.449 e. The molecular formula is C33H47ClN6O12. The largest absolute Gasteiger partial charge is 0.449 e. The van der Waals surface area contributed by atoms with E-state index in [0.717, 1.165) is 19.5 Å². The molecule has 2 fully saturated rings. The predicted octanol–water partition coefficient (Wildman–Crippen LogP) is 7.33. The Morgan fingerprint density at radius 1 is 0.692 bits per heavy atom. The maximum atomic E-state index is 12.2. The monoisotopic (exact) mass is 754 g/mol. The van der Waals surface area contributed by atoms with Crippen LogP contribution in [0, 0.1) is 20.2 Å². The summed E-state index contributed by atoms with van der Waals surface area (Å²) in [5, 5.41) is 24.8. The molecule has 0 aromatic heterocycles. The van der Waals surface area contributed by atoms with Crippen LogP contribution in [0.25, 0.3) is 0 Å². The van der Waals surface area contributed by atoms with Gasteiger partial charge in [-0.2, -0.15) is 0 Å². The molecule has 2 heterocycles. The van der Waals surface area contributed by atoms with Crippen molar-refractivity contribution >= 4 is 46.7 Å². The molecule has 288 valence electrons. The van der Waals surface area contributed by atoms with Crippen molar-refractivity contribution in [2.75, 3.05) is 26.2 Å². The summed E-state index contributed by atoms with van der Waals surface area (Å²) in [6.07, 6.45) is 0.0875. The van der Waals surface area contributed by atoms with E-state index < -0.39 is 38.7 Å². The molecule has 19 heteroatoms. The van der Waals surface area contributed by atoms with E-state index in [4.69, 9.17) is 25.8 Å². The number of hydrazine groups is 2. The summed E-state index contributed by atoms with van der Waals surface area (Å²) in [5.74, 6) is 0. The molecule has 0 saturated carbocycles. The van der Waals surface area contributed by atoms with Gasteiger partial charge >= 0.3 is 23.7 Å². The lowest BCUT2D eigenvalue weighted by Crippen LogP contribution is -2.47. The van der Waals surface area contributed by atoms with E-state index in [9.17, 15) is 39.4 Å². The maximum absolute atomic E-state index is 12.2. The van der Waals surface area contributed by atoms with Crippen molar-refractivity contribution in [3.63, 3.8) is 0 Å². The standard InChI is InChI=1S/C16H21N3O6.C8H6ClNO4.C8H16N2O2.CH4/c1-16(2,3)25-15(21)18-10-4-9-17(18)14(20)24-11-12-5-7-13(8-6-12)19(22)23;9-8(11)14-5-6-1-3-7(4-2-6)10(12)13;1-8(2,3)12-7(11)10-6-4-5-9-10;/h5-8H,4,9-11H2,1-3H3;1-4H,5H2;9H,4-6H2,1-3H3;1H4. The number of carbonyl (C=O) groups excluding carboxylic acids is 4. The van der Waals surface area contributed by atoms with Crippen LogP contribution in [-0.2, 0) is 32.2 Å². The van der Waals surface area contributed by atoms with Gasteiger partial charge in [0.2, 0.25) is 0 Å². The van der Waals surface area contributed by atoms with Gasteiger partial charge in [-0.25, -0.2) is 39.6 Å². The Bertz CT molecular complexity index is 1510. The number of hydrogen-bond acceptors (Lipinski definition) is 13. The van der Waals surface area contributed by atoms with Gasteiger partial charge in [0.05, 0.1) is 9.85 Å². The van der Waals surface area contributed by atoms with Crippen LogP contribution in [0.5, 0.6) is 0 Å². The Labute approximate surface area is 307 Å². The summed E-state index contributed by atoms with van der Waals surface area (Å²) in [4.78, 5) is 65.8. The topological polar surface area (TPSA) is 213 Å². The smallest absolute Gasteiger partial charge is 0.429 e. The zero-order chi connectivity index (χ0) is 38.4. The molecule has 2 saturated heterocycles. The number of benzene rings is 2. The molecule has 2 aliphatic heterocycles. The number of halogens is 1. The van der Waals surface area contributed by atoms with Crippen molar-refractivity contribution in [1.29, 1.82) is 0 Å². The van der Waals surface area contributed by atoms with Crippen LogP contribution >= 0.6 is 11.6 Å². The van der Waals surface area contributed by atoms with Crippen LogP contribution in [0.4, 0.5) is 30.6 Å². The van der Waals surface area contributed by atoms with E-state index in [-0.39, 0.29) is 38.1 Å². The molecule has 1 N–H and O–H groups in total. The highest BCUT2D eigenvalue weighted by Gasteiger charge is 2.34. The van der Waals surface area contributed by atoms with Crippen molar-refractivity contribution in [2.24, 2.45) is 0 Å². The van der Waals surface area contributed by atoms with Gasteiger partial charge < -0.3 is 18.9 Å². The maximum Gasteiger partial charge on any atom is 0.429 e. The SMILES string of the molecule is C.CC(C)(C)OC(=O)N1CCCN1.CC(C)(C)OC(=O)N1CCCN1C(=O)OCc1ccc([N+](=O)[O-])cc1.O=C(Cl)OCc1ccc([N+](=O)[O-])cc1. The number of non-ortho nitro benzene ring substituents is 2. The number of ether oxygens (including phenoxy) is 4. The molecule has 2 aromatic rings. The second-order valence-electron chi connectivity index (χ2n) is 12.9. The van der Waals surface area contributed by atoms with Gasteiger partial charge in [-0.15, -0.1) is 0 Å². The van der Waals surface area contributed by atoms with Crippen LogP contribution in [-0.4, -0.2) is 86.0 Å². The van der Waals surface area contributed by atoms with Gasteiger partial charge in [0.15, 0.2) is 0 Å². The molecule has 0 spiro atoms. The molecular weight excluding hydrogens is 708 g/mol. The van der Waals surface area contributed by atoms with Crippen LogP contribution in [0.15, 0.2) is 48.5 Å². The Hall–Kier alpha value is -5.23. The Balaban J connectivity index is 0.000000424. The fourth-order valence-corrected chi connectivity index (χ4v) is 4.15. The number of nitrogens with zero attached hydrogens (tertiary/aromatic N) is 5. The molecule has 0 aliphatic carbocycles. The molecule has 4 rings (SSSR count). The third-order valence-corrected chi connectivity index (χ3v) is 6.44. The average Bonchev–Trinajstić information content (AvgIpc) is 3.76. The zero-order valence-corrected chi connectivity index (χ0v) is 30.0.